The summed E-state index contributed by atoms with van der Waals surface area (Å²) in [6.07, 6.45) is 6.49. The van der Waals surface area contributed by atoms with Crippen LogP contribution in [0.3, 0.4) is 0 Å². The van der Waals surface area contributed by atoms with Crippen molar-refractivity contribution in [2.45, 2.75) is 57.3 Å². The lowest BCUT2D eigenvalue weighted by Crippen LogP contribution is -2.41. The van der Waals surface area contributed by atoms with Gasteiger partial charge in [0, 0.05) is 12.6 Å². The predicted octanol–water partition coefficient (Wildman–Crippen LogP) is 1.56. The van der Waals surface area contributed by atoms with Gasteiger partial charge in [-0.3, -0.25) is 4.79 Å². The van der Waals surface area contributed by atoms with Crippen LogP contribution in [0.1, 0.15) is 39.0 Å². The van der Waals surface area contributed by atoms with Crippen molar-refractivity contribution in [1.82, 2.24) is 4.90 Å². The van der Waals surface area contributed by atoms with E-state index < -0.39 is 0 Å². The molecule has 1 amide bonds. The number of nitrogens with zero attached hydrogens (tertiary/aromatic N) is 1. The van der Waals surface area contributed by atoms with Gasteiger partial charge < -0.3 is 9.64 Å². The van der Waals surface area contributed by atoms with Crippen molar-refractivity contribution in [1.29, 1.82) is 0 Å². The fraction of sp³-hybridized carbons (Fsp3) is 0.917. The number of epoxide rings is 1. The minimum atomic E-state index is -0.106. The smallest absolute Gasteiger partial charge is 0.254 e. The van der Waals surface area contributed by atoms with Crippen molar-refractivity contribution in [2.24, 2.45) is 5.92 Å². The molecule has 0 N–H and O–H groups in total. The van der Waals surface area contributed by atoms with Gasteiger partial charge in [-0.1, -0.05) is 12.8 Å². The average molecular weight is 209 g/mol. The summed E-state index contributed by atoms with van der Waals surface area (Å²) in [6, 6.07) is 0.544. The molecule has 0 bridgehead atoms. The Morgan fingerprint density at radius 3 is 2.73 bits per heavy atom. The highest BCUT2D eigenvalue weighted by atomic mass is 16.6. The summed E-state index contributed by atoms with van der Waals surface area (Å²) in [5, 5.41) is 0. The molecule has 2 aliphatic heterocycles. The first-order chi connectivity index (χ1) is 7.27. The Morgan fingerprint density at radius 2 is 2.00 bits per heavy atom. The maximum Gasteiger partial charge on any atom is 0.254 e. The van der Waals surface area contributed by atoms with Crippen LogP contribution < -0.4 is 0 Å². The molecule has 1 aliphatic carbocycles. The van der Waals surface area contributed by atoms with Crippen LogP contribution in [0.2, 0.25) is 0 Å². The summed E-state index contributed by atoms with van der Waals surface area (Å²) in [4.78, 5) is 14.2. The molecular weight excluding hydrogens is 190 g/mol. The molecule has 0 spiro atoms. The molecule has 4 atom stereocenters. The monoisotopic (exact) mass is 209 g/mol. The van der Waals surface area contributed by atoms with Gasteiger partial charge in [-0.05, 0) is 32.1 Å². The highest BCUT2D eigenvalue weighted by molar-refractivity contribution is 5.84. The topological polar surface area (TPSA) is 32.8 Å². The Balaban J connectivity index is 1.68. The zero-order valence-electron chi connectivity index (χ0n) is 9.32. The van der Waals surface area contributed by atoms with E-state index in [1.54, 1.807) is 0 Å². The van der Waals surface area contributed by atoms with E-state index in [0.717, 1.165) is 12.5 Å². The molecule has 0 unspecified atom stereocenters. The van der Waals surface area contributed by atoms with E-state index in [0.29, 0.717) is 6.04 Å². The van der Waals surface area contributed by atoms with Gasteiger partial charge in [-0.25, -0.2) is 0 Å². The lowest BCUT2D eigenvalue weighted by atomic mass is 9.85. The van der Waals surface area contributed by atoms with Gasteiger partial charge in [0.15, 0.2) is 6.10 Å². The molecule has 0 aromatic heterocycles. The van der Waals surface area contributed by atoms with Gasteiger partial charge in [-0.15, -0.1) is 0 Å². The SMILES string of the molecule is C[C@@H]1O[C@H]1C(=O)N1CC[C@@H]2CCCC[C@@H]21. The van der Waals surface area contributed by atoms with Crippen molar-refractivity contribution >= 4 is 5.91 Å². The second-order valence-corrected chi connectivity index (χ2v) is 5.19. The van der Waals surface area contributed by atoms with Gasteiger partial charge in [-0.2, -0.15) is 0 Å². The maximum atomic E-state index is 12.1. The molecular formula is C12H19NO2. The fourth-order valence-corrected chi connectivity index (χ4v) is 3.29. The molecule has 3 rings (SSSR count). The van der Waals surface area contributed by atoms with Crippen LogP contribution in [-0.4, -0.2) is 35.6 Å². The first-order valence-electron chi connectivity index (χ1n) is 6.23. The Kier molecular flexibility index (Phi) is 2.23. The van der Waals surface area contributed by atoms with Crippen molar-refractivity contribution in [3.05, 3.63) is 0 Å². The number of amides is 1. The zero-order chi connectivity index (χ0) is 10.4. The molecule has 2 saturated heterocycles. The van der Waals surface area contributed by atoms with E-state index in [2.05, 4.69) is 4.90 Å². The fourth-order valence-electron chi connectivity index (χ4n) is 3.29. The number of carbonyl (C=O) groups excluding carboxylic acids is 1. The number of carbonyl (C=O) groups is 1. The van der Waals surface area contributed by atoms with Crippen molar-refractivity contribution in [2.75, 3.05) is 6.54 Å². The number of likely N-dealkylation sites (tertiary alicyclic amines) is 1. The lowest BCUT2D eigenvalue weighted by molar-refractivity contribution is -0.134. The van der Waals surface area contributed by atoms with E-state index in [-0.39, 0.29) is 18.1 Å². The minimum absolute atomic E-state index is 0.106. The van der Waals surface area contributed by atoms with Crippen molar-refractivity contribution < 1.29 is 9.53 Å². The first-order valence-corrected chi connectivity index (χ1v) is 6.23. The predicted molar refractivity (Wildman–Crippen MR) is 56.4 cm³/mol. The molecule has 0 aromatic carbocycles. The van der Waals surface area contributed by atoms with Crippen LogP contribution in [0.25, 0.3) is 0 Å². The molecule has 84 valence electrons. The van der Waals surface area contributed by atoms with Gasteiger partial charge in [0.2, 0.25) is 0 Å². The van der Waals surface area contributed by atoms with Crippen LogP contribution in [-0.2, 0) is 9.53 Å². The Labute approximate surface area is 90.8 Å². The third kappa shape index (κ3) is 1.57. The molecule has 2 heterocycles. The summed E-state index contributed by atoms with van der Waals surface area (Å²) in [7, 11) is 0. The van der Waals surface area contributed by atoms with Crippen LogP contribution in [0, 0.1) is 5.92 Å². The average Bonchev–Trinajstić information content (AvgIpc) is 2.83. The number of hydrogen-bond donors (Lipinski definition) is 0. The summed E-state index contributed by atoms with van der Waals surface area (Å²) in [5.74, 6) is 1.05. The molecule has 0 radical (unpaired) electrons. The second-order valence-electron chi connectivity index (χ2n) is 5.19. The summed E-state index contributed by atoms with van der Waals surface area (Å²) >= 11 is 0. The van der Waals surface area contributed by atoms with Gasteiger partial charge >= 0.3 is 0 Å². The zero-order valence-corrected chi connectivity index (χ0v) is 9.32. The van der Waals surface area contributed by atoms with Crippen LogP contribution in [0.5, 0.6) is 0 Å². The van der Waals surface area contributed by atoms with Crippen LogP contribution in [0.4, 0.5) is 0 Å². The minimum Gasteiger partial charge on any atom is -0.359 e. The normalized spacial score (nSPS) is 43.9. The third-order valence-corrected chi connectivity index (χ3v) is 4.25. The number of ether oxygens (including phenoxy) is 1. The highest BCUT2D eigenvalue weighted by Crippen LogP contribution is 2.38. The van der Waals surface area contributed by atoms with Crippen LogP contribution >= 0.6 is 0 Å². The summed E-state index contributed by atoms with van der Waals surface area (Å²) < 4.78 is 5.28. The lowest BCUT2D eigenvalue weighted by Gasteiger charge is -2.31. The van der Waals surface area contributed by atoms with E-state index in [1.165, 1.54) is 32.1 Å². The largest absolute Gasteiger partial charge is 0.359 e. The Morgan fingerprint density at radius 1 is 1.27 bits per heavy atom. The molecule has 1 saturated carbocycles. The van der Waals surface area contributed by atoms with Crippen LogP contribution in [0.15, 0.2) is 0 Å². The third-order valence-electron chi connectivity index (χ3n) is 4.25. The van der Waals surface area contributed by atoms with E-state index >= 15 is 0 Å². The standard InChI is InChI=1S/C12H19NO2/c1-8-11(15-8)12(14)13-7-6-9-4-2-3-5-10(9)13/h8-11H,2-7H2,1H3/t8-,9-,10-,11+/m0/s1. The van der Waals surface area contributed by atoms with E-state index in [1.807, 2.05) is 6.92 Å². The van der Waals surface area contributed by atoms with Gasteiger partial charge in [0.25, 0.3) is 5.91 Å². The molecule has 0 aromatic rings. The Bertz CT molecular complexity index is 279. The maximum absolute atomic E-state index is 12.1. The molecule has 3 aliphatic rings. The first kappa shape index (κ1) is 9.64. The summed E-state index contributed by atoms with van der Waals surface area (Å²) in [6.45, 7) is 2.96. The Hall–Kier alpha value is -0.570. The van der Waals surface area contributed by atoms with E-state index in [4.69, 9.17) is 4.74 Å². The molecule has 3 fully saturated rings. The second kappa shape index (κ2) is 3.48. The number of rotatable bonds is 1. The molecule has 3 nitrogen and oxygen atoms in total. The molecule has 3 heteroatoms. The van der Waals surface area contributed by atoms with Crippen molar-refractivity contribution in [3.63, 3.8) is 0 Å². The number of hydrogen-bond acceptors (Lipinski definition) is 2. The summed E-state index contributed by atoms with van der Waals surface area (Å²) in [5.41, 5.74) is 0. The highest BCUT2D eigenvalue weighted by Gasteiger charge is 2.48. The van der Waals surface area contributed by atoms with E-state index in [9.17, 15) is 4.79 Å². The van der Waals surface area contributed by atoms with Gasteiger partial charge in [0.1, 0.15) is 0 Å². The quantitative estimate of drug-likeness (QED) is 0.614. The number of fused-ring (bicyclic) bond motifs is 1. The van der Waals surface area contributed by atoms with Gasteiger partial charge in [0.05, 0.1) is 6.10 Å². The van der Waals surface area contributed by atoms with Crippen molar-refractivity contribution in [3.8, 4) is 0 Å². The molecule has 15 heavy (non-hydrogen) atoms.